The lowest BCUT2D eigenvalue weighted by Gasteiger charge is -2.17. The largest absolute Gasteiger partial charge is 0.380 e. The quantitative estimate of drug-likeness (QED) is 0.866. The zero-order valence-electron chi connectivity index (χ0n) is 10.4. The molecule has 1 N–H and O–H groups in total. The van der Waals surface area contributed by atoms with Crippen LogP contribution in [0.2, 0.25) is 0 Å². The molecule has 3 heteroatoms. The van der Waals surface area contributed by atoms with Gasteiger partial charge in [-0.15, -0.1) is 0 Å². The lowest BCUT2D eigenvalue weighted by molar-refractivity contribution is -0.119. The highest BCUT2D eigenvalue weighted by molar-refractivity contribution is 5.80. The van der Waals surface area contributed by atoms with Crippen molar-refractivity contribution in [1.82, 2.24) is 5.32 Å². The Morgan fingerprint density at radius 2 is 2.06 bits per heavy atom. The van der Waals surface area contributed by atoms with Crippen LogP contribution in [0.3, 0.4) is 0 Å². The summed E-state index contributed by atoms with van der Waals surface area (Å²) < 4.78 is 5.09. The molecular weight excluding hydrogens is 214 g/mol. The summed E-state index contributed by atoms with van der Waals surface area (Å²) in [6.45, 7) is 2.75. The van der Waals surface area contributed by atoms with Crippen molar-refractivity contribution in [1.29, 1.82) is 0 Å². The maximum atomic E-state index is 11.4. The van der Waals surface area contributed by atoms with Gasteiger partial charge in [-0.3, -0.25) is 4.79 Å². The number of hydrogen-bond donors (Lipinski definition) is 1. The Kier molecular flexibility index (Phi) is 3.79. The van der Waals surface area contributed by atoms with E-state index in [0.29, 0.717) is 18.9 Å². The van der Waals surface area contributed by atoms with E-state index < -0.39 is 0 Å². The molecule has 1 aromatic carbocycles. The van der Waals surface area contributed by atoms with Crippen LogP contribution in [0.4, 0.5) is 0 Å². The van der Waals surface area contributed by atoms with E-state index in [2.05, 4.69) is 36.5 Å². The molecule has 1 aliphatic heterocycles. The molecule has 1 aromatic rings. The van der Waals surface area contributed by atoms with E-state index in [1.807, 2.05) is 0 Å². The Balaban J connectivity index is 2.13. The SMILES string of the molecule is CCC1NC(=O)CC1c1ccc(COC)cc1. The number of rotatable bonds is 4. The van der Waals surface area contributed by atoms with Crippen molar-refractivity contribution < 1.29 is 9.53 Å². The first-order valence-corrected chi connectivity index (χ1v) is 6.11. The van der Waals surface area contributed by atoms with E-state index in [-0.39, 0.29) is 11.9 Å². The van der Waals surface area contributed by atoms with Crippen LogP contribution >= 0.6 is 0 Å². The number of hydrogen-bond acceptors (Lipinski definition) is 2. The lowest BCUT2D eigenvalue weighted by atomic mass is 9.90. The number of carbonyl (C=O) groups is 1. The average molecular weight is 233 g/mol. The van der Waals surface area contributed by atoms with Gasteiger partial charge >= 0.3 is 0 Å². The van der Waals surface area contributed by atoms with Crippen LogP contribution in [0.5, 0.6) is 0 Å². The minimum atomic E-state index is 0.169. The van der Waals surface area contributed by atoms with Gasteiger partial charge in [-0.1, -0.05) is 31.2 Å². The summed E-state index contributed by atoms with van der Waals surface area (Å²) in [4.78, 5) is 11.4. The lowest BCUT2D eigenvalue weighted by Crippen LogP contribution is -2.27. The van der Waals surface area contributed by atoms with E-state index in [1.54, 1.807) is 7.11 Å². The number of amides is 1. The first kappa shape index (κ1) is 12.1. The fraction of sp³-hybridized carbons (Fsp3) is 0.500. The van der Waals surface area contributed by atoms with Gasteiger partial charge in [0, 0.05) is 25.5 Å². The van der Waals surface area contributed by atoms with Crippen LogP contribution in [0.15, 0.2) is 24.3 Å². The van der Waals surface area contributed by atoms with Gasteiger partial charge in [0.1, 0.15) is 0 Å². The summed E-state index contributed by atoms with van der Waals surface area (Å²) >= 11 is 0. The Morgan fingerprint density at radius 3 is 2.65 bits per heavy atom. The molecule has 0 bridgehead atoms. The number of nitrogens with one attached hydrogen (secondary N) is 1. The van der Waals surface area contributed by atoms with Gasteiger partial charge in [0.15, 0.2) is 0 Å². The standard InChI is InChI=1S/C14H19NO2/c1-3-13-12(8-14(16)15-13)11-6-4-10(5-7-11)9-17-2/h4-7,12-13H,3,8-9H2,1-2H3,(H,15,16). The van der Waals surface area contributed by atoms with Gasteiger partial charge < -0.3 is 10.1 Å². The van der Waals surface area contributed by atoms with Crippen molar-refractivity contribution in [2.24, 2.45) is 0 Å². The van der Waals surface area contributed by atoms with Crippen molar-refractivity contribution in [3.63, 3.8) is 0 Å². The summed E-state index contributed by atoms with van der Waals surface area (Å²) in [5.74, 6) is 0.493. The second kappa shape index (κ2) is 5.32. The molecule has 0 spiro atoms. The topological polar surface area (TPSA) is 38.3 Å². The third kappa shape index (κ3) is 2.67. The molecule has 2 rings (SSSR count). The third-order valence-electron chi connectivity index (χ3n) is 3.40. The molecule has 0 saturated carbocycles. The molecule has 1 fully saturated rings. The molecule has 1 aliphatic rings. The molecule has 1 saturated heterocycles. The van der Waals surface area contributed by atoms with Gasteiger partial charge in [-0.25, -0.2) is 0 Å². The van der Waals surface area contributed by atoms with E-state index >= 15 is 0 Å². The van der Waals surface area contributed by atoms with Crippen molar-refractivity contribution >= 4 is 5.91 Å². The second-order valence-electron chi connectivity index (χ2n) is 4.57. The smallest absolute Gasteiger partial charge is 0.220 e. The normalized spacial score (nSPS) is 23.8. The molecule has 1 heterocycles. The van der Waals surface area contributed by atoms with Crippen molar-refractivity contribution in [3.8, 4) is 0 Å². The number of carbonyl (C=O) groups excluding carboxylic acids is 1. The van der Waals surface area contributed by atoms with E-state index in [1.165, 1.54) is 11.1 Å². The van der Waals surface area contributed by atoms with Crippen LogP contribution in [0.25, 0.3) is 0 Å². The van der Waals surface area contributed by atoms with Crippen molar-refractivity contribution in [2.45, 2.75) is 38.3 Å². The maximum absolute atomic E-state index is 11.4. The van der Waals surface area contributed by atoms with Crippen LogP contribution in [-0.4, -0.2) is 19.1 Å². The first-order valence-electron chi connectivity index (χ1n) is 6.11. The summed E-state index contributed by atoms with van der Waals surface area (Å²) in [6.07, 6.45) is 1.60. The van der Waals surface area contributed by atoms with Crippen molar-refractivity contribution in [3.05, 3.63) is 35.4 Å². The van der Waals surface area contributed by atoms with E-state index in [0.717, 1.165) is 6.42 Å². The van der Waals surface area contributed by atoms with Crippen LogP contribution in [-0.2, 0) is 16.1 Å². The highest BCUT2D eigenvalue weighted by atomic mass is 16.5. The van der Waals surface area contributed by atoms with Gasteiger partial charge in [0.05, 0.1) is 6.61 Å². The van der Waals surface area contributed by atoms with Gasteiger partial charge in [0.25, 0.3) is 0 Å². The summed E-state index contributed by atoms with van der Waals surface area (Å²) in [7, 11) is 1.70. The zero-order chi connectivity index (χ0) is 12.3. The van der Waals surface area contributed by atoms with Gasteiger partial charge in [-0.05, 0) is 17.5 Å². The highest BCUT2D eigenvalue weighted by Crippen LogP contribution is 2.30. The molecule has 92 valence electrons. The molecule has 2 unspecified atom stereocenters. The highest BCUT2D eigenvalue weighted by Gasteiger charge is 2.31. The Morgan fingerprint density at radius 1 is 1.35 bits per heavy atom. The zero-order valence-corrected chi connectivity index (χ0v) is 10.4. The molecule has 17 heavy (non-hydrogen) atoms. The minimum Gasteiger partial charge on any atom is -0.380 e. The maximum Gasteiger partial charge on any atom is 0.220 e. The number of methoxy groups -OCH3 is 1. The number of benzene rings is 1. The third-order valence-corrected chi connectivity index (χ3v) is 3.40. The summed E-state index contributed by atoms with van der Waals surface area (Å²) in [5, 5.41) is 3.03. The minimum absolute atomic E-state index is 0.169. The molecule has 0 aliphatic carbocycles. The predicted molar refractivity (Wildman–Crippen MR) is 66.7 cm³/mol. The molecule has 2 atom stereocenters. The first-order chi connectivity index (χ1) is 8.24. The monoisotopic (exact) mass is 233 g/mol. The molecule has 0 aromatic heterocycles. The molecule has 1 amide bonds. The predicted octanol–water partition coefficient (Wildman–Crippen LogP) is 2.22. The summed E-state index contributed by atoms with van der Waals surface area (Å²) in [6, 6.07) is 8.67. The summed E-state index contributed by atoms with van der Waals surface area (Å²) in [5.41, 5.74) is 2.41. The van der Waals surface area contributed by atoms with Crippen LogP contribution in [0.1, 0.15) is 36.8 Å². The average Bonchev–Trinajstić information content (AvgIpc) is 2.72. The van der Waals surface area contributed by atoms with E-state index in [9.17, 15) is 4.79 Å². The molecular formula is C14H19NO2. The van der Waals surface area contributed by atoms with Gasteiger partial charge in [-0.2, -0.15) is 0 Å². The molecule has 3 nitrogen and oxygen atoms in total. The van der Waals surface area contributed by atoms with E-state index in [4.69, 9.17) is 4.74 Å². The van der Waals surface area contributed by atoms with Gasteiger partial charge in [0.2, 0.25) is 5.91 Å². The fourth-order valence-electron chi connectivity index (χ4n) is 2.47. The fourth-order valence-corrected chi connectivity index (χ4v) is 2.47. The Hall–Kier alpha value is -1.35. The van der Waals surface area contributed by atoms with Crippen LogP contribution in [0, 0.1) is 0 Å². The Bertz CT molecular complexity index is 386. The Labute approximate surface area is 102 Å². The van der Waals surface area contributed by atoms with Crippen molar-refractivity contribution in [2.75, 3.05) is 7.11 Å². The second-order valence-corrected chi connectivity index (χ2v) is 4.57. The van der Waals surface area contributed by atoms with Crippen LogP contribution < -0.4 is 5.32 Å². The number of ether oxygens (including phenoxy) is 1. The molecule has 0 radical (unpaired) electrons.